The Morgan fingerprint density at radius 3 is 2.25 bits per heavy atom. The summed E-state index contributed by atoms with van der Waals surface area (Å²) in [6.45, 7) is 0. The van der Waals surface area contributed by atoms with E-state index in [1.54, 1.807) is 6.07 Å². The molecule has 2 aromatic rings. The fourth-order valence-corrected chi connectivity index (χ4v) is 1.66. The van der Waals surface area contributed by atoms with E-state index < -0.39 is 0 Å². The number of nitrogens with zero attached hydrogens (tertiary/aromatic N) is 2. The average Bonchev–Trinajstić information content (AvgIpc) is 2.29. The van der Waals surface area contributed by atoms with Crippen LogP contribution in [0.25, 0.3) is 11.3 Å². The van der Waals surface area contributed by atoms with E-state index in [-0.39, 0.29) is 0 Å². The second-order valence-electron chi connectivity index (χ2n) is 3.79. The molecule has 3 heteroatoms. The normalized spacial score (nSPS) is 10.2. The van der Waals surface area contributed by atoms with E-state index >= 15 is 0 Å². The molecule has 0 bridgehead atoms. The van der Waals surface area contributed by atoms with Gasteiger partial charge in [-0.1, -0.05) is 29.8 Å². The van der Waals surface area contributed by atoms with E-state index in [0.29, 0.717) is 5.15 Å². The summed E-state index contributed by atoms with van der Waals surface area (Å²) >= 11 is 5.86. The lowest BCUT2D eigenvalue weighted by Gasteiger charge is -2.12. The molecule has 0 aliphatic rings. The number of pyridine rings is 1. The Kier molecular flexibility index (Phi) is 3.11. The van der Waals surface area contributed by atoms with E-state index in [4.69, 9.17) is 11.6 Å². The fourth-order valence-electron chi connectivity index (χ4n) is 1.50. The minimum atomic E-state index is 0.522. The smallest absolute Gasteiger partial charge is 0.129 e. The van der Waals surface area contributed by atoms with Crippen molar-refractivity contribution in [2.75, 3.05) is 19.0 Å². The molecule has 2 nitrogen and oxygen atoms in total. The predicted molar refractivity (Wildman–Crippen MR) is 69.0 cm³/mol. The fraction of sp³-hybridized carbons (Fsp3) is 0.154. The summed E-state index contributed by atoms with van der Waals surface area (Å²) in [6, 6.07) is 13.9. The van der Waals surface area contributed by atoms with Gasteiger partial charge in [0.1, 0.15) is 5.15 Å². The molecule has 0 aliphatic carbocycles. The molecule has 2 rings (SSSR count). The Morgan fingerprint density at radius 1 is 1.00 bits per heavy atom. The van der Waals surface area contributed by atoms with Gasteiger partial charge in [-0.25, -0.2) is 4.98 Å². The minimum absolute atomic E-state index is 0.522. The van der Waals surface area contributed by atoms with Gasteiger partial charge in [0, 0.05) is 25.3 Å². The highest BCUT2D eigenvalue weighted by atomic mass is 35.5. The van der Waals surface area contributed by atoms with Crippen LogP contribution in [-0.2, 0) is 0 Å². The molecule has 0 saturated heterocycles. The van der Waals surface area contributed by atoms with Crippen LogP contribution in [0.5, 0.6) is 0 Å². The second kappa shape index (κ2) is 4.54. The largest absolute Gasteiger partial charge is 0.378 e. The highest BCUT2D eigenvalue weighted by Crippen LogP contribution is 2.21. The van der Waals surface area contributed by atoms with Crippen molar-refractivity contribution in [1.82, 2.24) is 4.98 Å². The predicted octanol–water partition coefficient (Wildman–Crippen LogP) is 3.47. The SMILES string of the molecule is CN(C)c1ccc(-c2cccc(Cl)n2)cc1. The molecule has 0 N–H and O–H groups in total. The first-order chi connectivity index (χ1) is 7.66. The number of anilines is 1. The van der Waals surface area contributed by atoms with Crippen LogP contribution in [0.2, 0.25) is 5.15 Å². The summed E-state index contributed by atoms with van der Waals surface area (Å²) in [4.78, 5) is 6.33. The molecule has 82 valence electrons. The molecule has 1 heterocycles. The number of hydrogen-bond donors (Lipinski definition) is 0. The van der Waals surface area contributed by atoms with Gasteiger partial charge in [0.05, 0.1) is 5.69 Å². The van der Waals surface area contributed by atoms with Gasteiger partial charge in [-0.05, 0) is 24.3 Å². The van der Waals surface area contributed by atoms with Crippen molar-refractivity contribution in [1.29, 1.82) is 0 Å². The van der Waals surface area contributed by atoms with Gasteiger partial charge in [-0.2, -0.15) is 0 Å². The number of halogens is 1. The van der Waals surface area contributed by atoms with Gasteiger partial charge in [-0.15, -0.1) is 0 Å². The van der Waals surface area contributed by atoms with Crippen LogP contribution in [0.4, 0.5) is 5.69 Å². The van der Waals surface area contributed by atoms with Gasteiger partial charge in [0.25, 0.3) is 0 Å². The van der Waals surface area contributed by atoms with Gasteiger partial charge in [-0.3, -0.25) is 0 Å². The highest BCUT2D eigenvalue weighted by molar-refractivity contribution is 6.29. The third-order valence-electron chi connectivity index (χ3n) is 2.39. The molecular weight excluding hydrogens is 220 g/mol. The molecule has 16 heavy (non-hydrogen) atoms. The second-order valence-corrected chi connectivity index (χ2v) is 4.17. The highest BCUT2D eigenvalue weighted by Gasteiger charge is 2.00. The van der Waals surface area contributed by atoms with Gasteiger partial charge >= 0.3 is 0 Å². The van der Waals surface area contributed by atoms with Crippen molar-refractivity contribution in [2.24, 2.45) is 0 Å². The first-order valence-corrected chi connectivity index (χ1v) is 5.45. The zero-order valence-corrected chi connectivity index (χ0v) is 10.1. The lowest BCUT2D eigenvalue weighted by Crippen LogP contribution is -2.07. The van der Waals surface area contributed by atoms with Crippen LogP contribution >= 0.6 is 11.6 Å². The summed E-state index contributed by atoms with van der Waals surface area (Å²) in [5.41, 5.74) is 3.15. The van der Waals surface area contributed by atoms with Crippen LogP contribution in [0, 0.1) is 0 Å². The molecular formula is C13H13ClN2. The average molecular weight is 233 g/mol. The van der Waals surface area contributed by atoms with Crippen molar-refractivity contribution in [3.8, 4) is 11.3 Å². The monoisotopic (exact) mass is 232 g/mol. The standard InChI is InChI=1S/C13H13ClN2/c1-16(2)11-8-6-10(7-9-11)12-4-3-5-13(14)15-12/h3-9H,1-2H3. The Balaban J connectivity index is 2.35. The van der Waals surface area contributed by atoms with Crippen molar-refractivity contribution in [3.05, 3.63) is 47.6 Å². The maximum atomic E-state index is 5.86. The zero-order valence-electron chi connectivity index (χ0n) is 9.31. The van der Waals surface area contributed by atoms with Crippen LogP contribution in [0.1, 0.15) is 0 Å². The van der Waals surface area contributed by atoms with E-state index in [2.05, 4.69) is 22.0 Å². The van der Waals surface area contributed by atoms with Gasteiger partial charge in [0.15, 0.2) is 0 Å². The van der Waals surface area contributed by atoms with Gasteiger partial charge in [0.2, 0.25) is 0 Å². The first-order valence-electron chi connectivity index (χ1n) is 5.07. The molecule has 0 saturated carbocycles. The van der Waals surface area contributed by atoms with Crippen LogP contribution in [0.3, 0.4) is 0 Å². The summed E-state index contributed by atoms with van der Waals surface area (Å²) < 4.78 is 0. The molecule has 1 aromatic carbocycles. The molecule has 0 spiro atoms. The molecule has 0 amide bonds. The maximum Gasteiger partial charge on any atom is 0.129 e. The third-order valence-corrected chi connectivity index (χ3v) is 2.61. The molecule has 0 unspecified atom stereocenters. The molecule has 0 fully saturated rings. The van der Waals surface area contributed by atoms with Crippen LogP contribution < -0.4 is 4.90 Å². The topological polar surface area (TPSA) is 16.1 Å². The van der Waals surface area contributed by atoms with E-state index in [1.807, 2.05) is 38.4 Å². The summed E-state index contributed by atoms with van der Waals surface area (Å²) in [5, 5.41) is 0.522. The molecule has 1 aromatic heterocycles. The van der Waals surface area contributed by atoms with E-state index in [0.717, 1.165) is 11.3 Å². The molecule has 0 aliphatic heterocycles. The van der Waals surface area contributed by atoms with Crippen molar-refractivity contribution < 1.29 is 0 Å². The van der Waals surface area contributed by atoms with Crippen molar-refractivity contribution in [2.45, 2.75) is 0 Å². The minimum Gasteiger partial charge on any atom is -0.378 e. The van der Waals surface area contributed by atoms with Crippen molar-refractivity contribution in [3.63, 3.8) is 0 Å². The number of rotatable bonds is 2. The number of hydrogen-bond acceptors (Lipinski definition) is 2. The molecule has 0 atom stereocenters. The van der Waals surface area contributed by atoms with Gasteiger partial charge < -0.3 is 4.90 Å². The Hall–Kier alpha value is -1.54. The number of benzene rings is 1. The zero-order chi connectivity index (χ0) is 11.5. The summed E-state index contributed by atoms with van der Waals surface area (Å²) in [5.74, 6) is 0. The maximum absolute atomic E-state index is 5.86. The van der Waals surface area contributed by atoms with Crippen LogP contribution in [-0.4, -0.2) is 19.1 Å². The van der Waals surface area contributed by atoms with E-state index in [1.165, 1.54) is 5.69 Å². The Morgan fingerprint density at radius 2 is 1.69 bits per heavy atom. The van der Waals surface area contributed by atoms with E-state index in [9.17, 15) is 0 Å². The lowest BCUT2D eigenvalue weighted by atomic mass is 10.1. The van der Waals surface area contributed by atoms with Crippen molar-refractivity contribution >= 4 is 17.3 Å². The summed E-state index contributed by atoms with van der Waals surface area (Å²) in [6.07, 6.45) is 0. The molecule has 0 radical (unpaired) electrons. The Bertz CT molecular complexity index is 478. The lowest BCUT2D eigenvalue weighted by molar-refractivity contribution is 1.13. The first kappa shape index (κ1) is 11.0. The Labute approximate surface area is 101 Å². The number of aromatic nitrogens is 1. The summed E-state index contributed by atoms with van der Waals surface area (Å²) in [7, 11) is 4.04. The quantitative estimate of drug-likeness (QED) is 0.738. The third kappa shape index (κ3) is 2.34. The van der Waals surface area contributed by atoms with Crippen LogP contribution in [0.15, 0.2) is 42.5 Å².